The zero-order valence-electron chi connectivity index (χ0n) is 14.5. The average molecular weight is 412 g/mol. The molecule has 0 fully saturated rings. The van der Waals surface area contributed by atoms with Crippen LogP contribution in [0, 0.1) is 18.6 Å². The maximum Gasteiger partial charge on any atom is 0.201 e. The maximum atomic E-state index is 14.8. The second kappa shape index (κ2) is 7.74. The van der Waals surface area contributed by atoms with Gasteiger partial charge in [-0.2, -0.15) is 0 Å². The molecule has 0 amide bonds. The van der Waals surface area contributed by atoms with Crippen LogP contribution in [-0.4, -0.2) is 25.7 Å². The van der Waals surface area contributed by atoms with Crippen LogP contribution in [0.1, 0.15) is 34.8 Å². The van der Waals surface area contributed by atoms with E-state index in [-0.39, 0.29) is 11.3 Å². The molecule has 0 spiro atoms. The molecule has 0 aliphatic rings. The van der Waals surface area contributed by atoms with E-state index in [0.29, 0.717) is 33.8 Å². The maximum absolute atomic E-state index is 14.8. The van der Waals surface area contributed by atoms with Crippen LogP contribution in [0.2, 0.25) is 5.02 Å². The number of aromatic amines is 1. The van der Waals surface area contributed by atoms with E-state index in [4.69, 9.17) is 11.6 Å². The zero-order chi connectivity index (χ0) is 19.7. The molecule has 2 N–H and O–H groups in total. The lowest BCUT2D eigenvalue weighted by molar-refractivity contribution is 0.103. The molecular formula is C18H16ClF2N3O2S. The van der Waals surface area contributed by atoms with Crippen LogP contribution in [-0.2, 0) is 11.0 Å². The third-order valence-electron chi connectivity index (χ3n) is 4.08. The predicted molar refractivity (Wildman–Crippen MR) is 103 cm³/mol. The van der Waals surface area contributed by atoms with Gasteiger partial charge in [0.05, 0.1) is 21.8 Å². The lowest BCUT2D eigenvalue weighted by Gasteiger charge is -2.11. The van der Waals surface area contributed by atoms with Gasteiger partial charge in [-0.15, -0.1) is 0 Å². The van der Waals surface area contributed by atoms with Crippen molar-refractivity contribution in [1.82, 2.24) is 9.97 Å². The van der Waals surface area contributed by atoms with E-state index in [1.54, 1.807) is 6.92 Å². The summed E-state index contributed by atoms with van der Waals surface area (Å²) in [5.74, 6) is -2.66. The number of halogens is 3. The highest BCUT2D eigenvalue weighted by molar-refractivity contribution is 7.86. The molecule has 142 valence electrons. The highest BCUT2D eigenvalue weighted by Gasteiger charge is 2.25. The van der Waals surface area contributed by atoms with Crippen molar-refractivity contribution in [3.05, 3.63) is 57.9 Å². The molecule has 2 aromatic heterocycles. The van der Waals surface area contributed by atoms with Gasteiger partial charge in [-0.05, 0) is 31.0 Å². The van der Waals surface area contributed by atoms with E-state index in [1.165, 1.54) is 12.4 Å². The van der Waals surface area contributed by atoms with E-state index >= 15 is 0 Å². The summed E-state index contributed by atoms with van der Waals surface area (Å²) in [6.07, 6.45) is 3.40. The minimum Gasteiger partial charge on any atom is -0.345 e. The summed E-state index contributed by atoms with van der Waals surface area (Å²) in [6.45, 7) is 3.52. The Kier molecular flexibility index (Phi) is 5.57. The number of hydrogen-bond acceptors (Lipinski definition) is 3. The average Bonchev–Trinajstić information content (AvgIpc) is 3.06. The third-order valence-corrected chi connectivity index (χ3v) is 5.68. The number of hydrogen-bond donors (Lipinski definition) is 2. The largest absolute Gasteiger partial charge is 0.345 e. The van der Waals surface area contributed by atoms with Crippen LogP contribution in [0.15, 0.2) is 24.5 Å². The number of aromatic nitrogens is 2. The minimum absolute atomic E-state index is 0.0575. The molecule has 0 saturated carbocycles. The fraction of sp³-hybridized carbons (Fsp3) is 0.222. The lowest BCUT2D eigenvalue weighted by atomic mass is 10.00. The third kappa shape index (κ3) is 3.59. The van der Waals surface area contributed by atoms with Gasteiger partial charge in [-0.3, -0.25) is 4.79 Å². The first-order chi connectivity index (χ1) is 12.8. The fourth-order valence-electron chi connectivity index (χ4n) is 2.74. The van der Waals surface area contributed by atoms with Gasteiger partial charge in [0, 0.05) is 23.5 Å². The number of anilines is 1. The molecule has 5 nitrogen and oxygen atoms in total. The second-order valence-electron chi connectivity index (χ2n) is 5.92. The summed E-state index contributed by atoms with van der Waals surface area (Å²) in [6, 6.07) is 2.09. The molecule has 3 rings (SSSR count). The van der Waals surface area contributed by atoms with E-state index in [2.05, 4.69) is 14.7 Å². The van der Waals surface area contributed by atoms with Crippen LogP contribution in [0.5, 0.6) is 0 Å². The Labute approximate surface area is 161 Å². The van der Waals surface area contributed by atoms with Crippen LogP contribution in [0.4, 0.5) is 14.5 Å². The first kappa shape index (κ1) is 19.4. The van der Waals surface area contributed by atoms with Crippen molar-refractivity contribution in [2.24, 2.45) is 0 Å². The SMILES string of the molecule is CCCS(=O)Nc1ccc(F)c(C(=O)c2c[nH]c3ncc(Cl)c(C)c23)c1F. The number of H-pyrrole nitrogens is 1. The quantitative estimate of drug-likeness (QED) is 0.585. The van der Waals surface area contributed by atoms with E-state index in [0.717, 1.165) is 12.1 Å². The highest BCUT2D eigenvalue weighted by Crippen LogP contribution is 2.30. The fourth-order valence-corrected chi connectivity index (χ4v) is 3.76. The highest BCUT2D eigenvalue weighted by atomic mass is 35.5. The molecule has 0 aliphatic heterocycles. The molecule has 2 heterocycles. The number of rotatable bonds is 6. The van der Waals surface area contributed by atoms with Crippen molar-refractivity contribution in [3.63, 3.8) is 0 Å². The van der Waals surface area contributed by atoms with Crippen LogP contribution in [0.25, 0.3) is 11.0 Å². The molecule has 0 bridgehead atoms. The molecule has 0 radical (unpaired) electrons. The number of nitrogens with zero attached hydrogens (tertiary/aromatic N) is 1. The molecular weight excluding hydrogens is 396 g/mol. The van der Waals surface area contributed by atoms with Gasteiger partial charge in [-0.1, -0.05) is 18.5 Å². The first-order valence-corrected chi connectivity index (χ1v) is 9.84. The summed E-state index contributed by atoms with van der Waals surface area (Å²) in [5, 5.41) is 0.738. The van der Waals surface area contributed by atoms with Crippen molar-refractivity contribution in [3.8, 4) is 0 Å². The lowest BCUT2D eigenvalue weighted by Crippen LogP contribution is -2.13. The van der Waals surface area contributed by atoms with Gasteiger partial charge >= 0.3 is 0 Å². The molecule has 27 heavy (non-hydrogen) atoms. The van der Waals surface area contributed by atoms with Crippen LogP contribution >= 0.6 is 11.6 Å². The van der Waals surface area contributed by atoms with E-state index in [1.807, 2.05) is 6.92 Å². The van der Waals surface area contributed by atoms with E-state index in [9.17, 15) is 17.8 Å². The normalized spacial score (nSPS) is 12.3. The minimum atomic E-state index is -1.53. The van der Waals surface area contributed by atoms with Crippen molar-refractivity contribution >= 4 is 45.1 Å². The molecule has 0 aliphatic carbocycles. The van der Waals surface area contributed by atoms with E-state index < -0.39 is 34.0 Å². The standard InChI is InChI=1S/C18H16ClF2N3O2S/c1-3-6-27(26)24-13-5-4-12(20)15(16(13)21)17(25)10-7-22-18-14(10)9(2)11(19)8-23-18/h4-5,7-8,24H,3,6H2,1-2H3,(H,22,23). The topological polar surface area (TPSA) is 74.8 Å². The van der Waals surface area contributed by atoms with Gasteiger partial charge in [0.15, 0.2) is 5.82 Å². The Balaban J connectivity index is 2.10. The number of benzene rings is 1. The molecule has 3 aromatic rings. The number of nitrogens with one attached hydrogen (secondary N) is 2. The van der Waals surface area contributed by atoms with Gasteiger partial charge < -0.3 is 9.71 Å². The van der Waals surface area contributed by atoms with Crippen molar-refractivity contribution in [2.45, 2.75) is 20.3 Å². The summed E-state index contributed by atoms with van der Waals surface area (Å²) in [7, 11) is -1.53. The number of carbonyl (C=O) groups excluding carboxylic acids is 1. The summed E-state index contributed by atoms with van der Waals surface area (Å²) < 4.78 is 43.5. The van der Waals surface area contributed by atoms with Crippen molar-refractivity contribution in [2.75, 3.05) is 10.5 Å². The molecule has 0 saturated heterocycles. The molecule has 1 unspecified atom stereocenters. The van der Waals surface area contributed by atoms with Gasteiger partial charge in [0.2, 0.25) is 5.78 Å². The Morgan fingerprint density at radius 1 is 1.37 bits per heavy atom. The predicted octanol–water partition coefficient (Wildman–Crippen LogP) is 4.52. The summed E-state index contributed by atoms with van der Waals surface area (Å²) in [4.78, 5) is 19.8. The summed E-state index contributed by atoms with van der Waals surface area (Å²) in [5.41, 5.74) is 0.0972. The molecule has 1 aromatic carbocycles. The van der Waals surface area contributed by atoms with Gasteiger partial charge in [0.25, 0.3) is 0 Å². The Hall–Kier alpha value is -2.32. The Bertz CT molecular complexity index is 1070. The number of pyridine rings is 1. The smallest absolute Gasteiger partial charge is 0.201 e. The Morgan fingerprint density at radius 2 is 2.11 bits per heavy atom. The van der Waals surface area contributed by atoms with Gasteiger partial charge in [-0.25, -0.2) is 18.0 Å². The second-order valence-corrected chi connectivity index (χ2v) is 7.63. The number of aryl methyl sites for hydroxylation is 1. The van der Waals surface area contributed by atoms with Crippen LogP contribution < -0.4 is 4.72 Å². The zero-order valence-corrected chi connectivity index (χ0v) is 16.1. The first-order valence-electron chi connectivity index (χ1n) is 8.15. The summed E-state index contributed by atoms with van der Waals surface area (Å²) >= 11 is 6.06. The monoisotopic (exact) mass is 411 g/mol. The number of carbonyl (C=O) groups is 1. The number of ketones is 1. The Morgan fingerprint density at radius 3 is 2.81 bits per heavy atom. The van der Waals surface area contributed by atoms with Gasteiger partial charge in [0.1, 0.15) is 22.5 Å². The molecule has 1 atom stereocenters. The number of fused-ring (bicyclic) bond motifs is 1. The molecule has 9 heteroatoms. The van der Waals surface area contributed by atoms with Crippen LogP contribution in [0.3, 0.4) is 0 Å². The van der Waals surface area contributed by atoms with Crippen molar-refractivity contribution in [1.29, 1.82) is 0 Å². The van der Waals surface area contributed by atoms with Crippen molar-refractivity contribution < 1.29 is 17.8 Å².